The number of nitrogens with one attached hydrogen (secondary N) is 2. The van der Waals surface area contributed by atoms with Crippen LogP contribution in [0.5, 0.6) is 0 Å². The van der Waals surface area contributed by atoms with Gasteiger partial charge in [-0.25, -0.2) is 0 Å². The van der Waals surface area contributed by atoms with Crippen LogP contribution in [0.15, 0.2) is 0 Å². The second-order valence-electron chi connectivity index (χ2n) is 7.55. The van der Waals surface area contributed by atoms with Gasteiger partial charge in [0.2, 0.25) is 5.91 Å². The fourth-order valence-corrected chi connectivity index (χ4v) is 3.79. The van der Waals surface area contributed by atoms with Crippen molar-refractivity contribution in [2.75, 3.05) is 6.54 Å². The lowest BCUT2D eigenvalue weighted by Crippen LogP contribution is -2.42. The Bertz CT molecular complexity index is 362. The first-order valence-corrected chi connectivity index (χ1v) is 8.29. The maximum Gasteiger partial charge on any atom is 0.239 e. The molecule has 3 aliphatic rings. The van der Waals surface area contributed by atoms with Gasteiger partial charge < -0.3 is 5.32 Å². The van der Waals surface area contributed by atoms with E-state index >= 15 is 0 Å². The maximum atomic E-state index is 12.3. The second-order valence-corrected chi connectivity index (χ2v) is 7.55. The van der Waals surface area contributed by atoms with E-state index in [0.717, 1.165) is 18.9 Å². The predicted octanol–water partition coefficient (Wildman–Crippen LogP) is 1.36. The molecule has 2 aliphatic heterocycles. The smallest absolute Gasteiger partial charge is 0.239 e. The molecular weight excluding hydrogens is 250 g/mol. The van der Waals surface area contributed by atoms with E-state index in [1.807, 2.05) is 0 Å². The molecule has 2 heterocycles. The fraction of sp³-hybridized carbons (Fsp3) is 0.938. The molecule has 4 nitrogen and oxygen atoms in total. The Balaban J connectivity index is 1.52. The highest BCUT2D eigenvalue weighted by molar-refractivity contribution is 5.86. The Kier molecular flexibility index (Phi) is 3.80. The SMILES string of the molecule is CC(C)C1CC(NC(=O)[C@@H]2N[C@H]2C2CC2)CN1C(C)C. The molecular formula is C16H29N3O. The minimum Gasteiger partial charge on any atom is -0.351 e. The van der Waals surface area contributed by atoms with Gasteiger partial charge in [-0.15, -0.1) is 0 Å². The van der Waals surface area contributed by atoms with Crippen molar-refractivity contribution >= 4 is 5.91 Å². The lowest BCUT2D eigenvalue weighted by molar-refractivity contribution is -0.121. The molecule has 2 unspecified atom stereocenters. The van der Waals surface area contributed by atoms with Gasteiger partial charge in [0.15, 0.2) is 0 Å². The third kappa shape index (κ3) is 2.86. The molecule has 0 radical (unpaired) electrons. The summed E-state index contributed by atoms with van der Waals surface area (Å²) >= 11 is 0. The molecule has 1 amide bonds. The van der Waals surface area contributed by atoms with Crippen LogP contribution < -0.4 is 10.6 Å². The van der Waals surface area contributed by atoms with E-state index in [0.29, 0.717) is 30.1 Å². The van der Waals surface area contributed by atoms with Crippen LogP contribution in [0.25, 0.3) is 0 Å². The summed E-state index contributed by atoms with van der Waals surface area (Å²) in [5.74, 6) is 1.67. The molecule has 4 heteroatoms. The standard InChI is InChI=1S/C16H29N3O/c1-9(2)13-7-12(8-19(13)10(3)4)17-16(20)15-14(18-15)11-5-6-11/h9-15,18H,5-8H2,1-4H3,(H,17,20)/t12?,13?,14-,15+/m0/s1. The van der Waals surface area contributed by atoms with Crippen molar-refractivity contribution in [3.63, 3.8) is 0 Å². The van der Waals surface area contributed by atoms with Gasteiger partial charge in [-0.1, -0.05) is 13.8 Å². The molecule has 0 bridgehead atoms. The zero-order valence-corrected chi connectivity index (χ0v) is 13.2. The van der Waals surface area contributed by atoms with Crippen molar-refractivity contribution in [1.82, 2.24) is 15.5 Å². The summed E-state index contributed by atoms with van der Waals surface area (Å²) in [4.78, 5) is 14.8. The molecule has 0 spiro atoms. The van der Waals surface area contributed by atoms with Crippen molar-refractivity contribution in [3.05, 3.63) is 0 Å². The van der Waals surface area contributed by atoms with E-state index < -0.39 is 0 Å². The monoisotopic (exact) mass is 279 g/mol. The Morgan fingerprint density at radius 3 is 2.45 bits per heavy atom. The molecule has 0 aromatic carbocycles. The molecule has 114 valence electrons. The van der Waals surface area contributed by atoms with Crippen LogP contribution in [0.2, 0.25) is 0 Å². The summed E-state index contributed by atoms with van der Waals surface area (Å²) in [5.41, 5.74) is 0. The number of likely N-dealkylation sites (tertiary alicyclic amines) is 1. The largest absolute Gasteiger partial charge is 0.351 e. The minimum absolute atomic E-state index is 0.105. The number of nitrogens with zero attached hydrogens (tertiary/aromatic N) is 1. The van der Waals surface area contributed by atoms with Gasteiger partial charge >= 0.3 is 0 Å². The van der Waals surface area contributed by atoms with Crippen LogP contribution in [-0.4, -0.2) is 47.6 Å². The normalized spacial score (nSPS) is 37.7. The van der Waals surface area contributed by atoms with E-state index in [1.165, 1.54) is 12.8 Å². The highest BCUT2D eigenvalue weighted by Crippen LogP contribution is 2.39. The Labute approximate surface area is 122 Å². The predicted molar refractivity (Wildman–Crippen MR) is 80.5 cm³/mol. The van der Waals surface area contributed by atoms with Crippen molar-refractivity contribution in [3.8, 4) is 0 Å². The topological polar surface area (TPSA) is 54.3 Å². The number of hydrogen-bond donors (Lipinski definition) is 2. The van der Waals surface area contributed by atoms with Gasteiger partial charge in [0.25, 0.3) is 0 Å². The van der Waals surface area contributed by atoms with Crippen LogP contribution in [0, 0.1) is 11.8 Å². The first-order valence-electron chi connectivity index (χ1n) is 8.29. The van der Waals surface area contributed by atoms with E-state index in [9.17, 15) is 4.79 Å². The number of carbonyl (C=O) groups excluding carboxylic acids is 1. The van der Waals surface area contributed by atoms with E-state index in [-0.39, 0.29) is 11.9 Å². The number of rotatable bonds is 5. The van der Waals surface area contributed by atoms with Gasteiger partial charge in [0.05, 0.1) is 0 Å². The molecule has 0 aromatic heterocycles. The highest BCUT2D eigenvalue weighted by Gasteiger charge is 2.51. The molecule has 1 aliphatic carbocycles. The van der Waals surface area contributed by atoms with E-state index in [4.69, 9.17) is 0 Å². The molecule has 2 saturated heterocycles. The van der Waals surface area contributed by atoms with Crippen LogP contribution in [0.1, 0.15) is 47.0 Å². The lowest BCUT2D eigenvalue weighted by atomic mass is 10.00. The van der Waals surface area contributed by atoms with Gasteiger partial charge in [0, 0.05) is 30.7 Å². The first-order chi connectivity index (χ1) is 9.47. The zero-order valence-electron chi connectivity index (χ0n) is 13.2. The molecule has 2 N–H and O–H groups in total. The molecule has 3 rings (SSSR count). The van der Waals surface area contributed by atoms with Crippen LogP contribution in [0.4, 0.5) is 0 Å². The number of carbonyl (C=O) groups is 1. The molecule has 4 atom stereocenters. The van der Waals surface area contributed by atoms with Crippen molar-refractivity contribution in [2.24, 2.45) is 11.8 Å². The molecule has 20 heavy (non-hydrogen) atoms. The van der Waals surface area contributed by atoms with Crippen LogP contribution in [0.3, 0.4) is 0 Å². The fourth-order valence-electron chi connectivity index (χ4n) is 3.79. The van der Waals surface area contributed by atoms with Gasteiger partial charge in [-0.2, -0.15) is 0 Å². The van der Waals surface area contributed by atoms with Crippen LogP contribution >= 0.6 is 0 Å². The van der Waals surface area contributed by atoms with Crippen molar-refractivity contribution in [1.29, 1.82) is 0 Å². The molecule has 3 fully saturated rings. The van der Waals surface area contributed by atoms with Crippen molar-refractivity contribution in [2.45, 2.75) is 77.2 Å². The summed E-state index contributed by atoms with van der Waals surface area (Å²) in [6, 6.07) is 2.08. The minimum atomic E-state index is 0.105. The summed E-state index contributed by atoms with van der Waals surface area (Å²) in [6.07, 6.45) is 3.71. The average molecular weight is 279 g/mol. The lowest BCUT2D eigenvalue weighted by Gasteiger charge is -2.30. The number of amides is 1. The quantitative estimate of drug-likeness (QED) is 0.747. The van der Waals surface area contributed by atoms with E-state index in [1.54, 1.807) is 0 Å². The van der Waals surface area contributed by atoms with Crippen LogP contribution in [-0.2, 0) is 4.79 Å². The zero-order chi connectivity index (χ0) is 14.4. The highest BCUT2D eigenvalue weighted by atomic mass is 16.2. The third-order valence-electron chi connectivity index (χ3n) is 5.20. The Morgan fingerprint density at radius 2 is 1.95 bits per heavy atom. The summed E-state index contributed by atoms with van der Waals surface area (Å²) in [7, 11) is 0. The average Bonchev–Trinajstić information content (AvgIpc) is 3.23. The van der Waals surface area contributed by atoms with E-state index in [2.05, 4.69) is 43.2 Å². The Hall–Kier alpha value is -0.610. The summed E-state index contributed by atoms with van der Waals surface area (Å²) in [6.45, 7) is 10.1. The third-order valence-corrected chi connectivity index (χ3v) is 5.20. The Morgan fingerprint density at radius 1 is 1.25 bits per heavy atom. The number of hydrogen-bond acceptors (Lipinski definition) is 3. The van der Waals surface area contributed by atoms with Gasteiger partial charge in [-0.05, 0) is 44.9 Å². The first kappa shape index (κ1) is 14.3. The second kappa shape index (κ2) is 5.30. The molecule has 1 saturated carbocycles. The summed E-state index contributed by atoms with van der Waals surface area (Å²) < 4.78 is 0. The van der Waals surface area contributed by atoms with Gasteiger partial charge in [0.1, 0.15) is 6.04 Å². The molecule has 0 aromatic rings. The van der Waals surface area contributed by atoms with Gasteiger partial charge in [-0.3, -0.25) is 15.0 Å². The maximum absolute atomic E-state index is 12.3. The summed E-state index contributed by atoms with van der Waals surface area (Å²) in [5, 5.41) is 6.63. The van der Waals surface area contributed by atoms with Crippen molar-refractivity contribution < 1.29 is 4.79 Å².